The number of aryl methyl sites for hydroxylation is 2. The normalized spacial score (nSPS) is 14.9. The number of amides is 1. The van der Waals surface area contributed by atoms with E-state index in [0.29, 0.717) is 21.3 Å². The number of benzene rings is 4. The topological polar surface area (TPSA) is 82.5 Å². The minimum Gasteiger partial charge on any atom is -0.503 e. The van der Waals surface area contributed by atoms with Crippen molar-refractivity contribution in [1.29, 1.82) is 0 Å². The molecule has 0 spiro atoms. The summed E-state index contributed by atoms with van der Waals surface area (Å²) in [5.41, 5.74) is 5.60. The molecule has 0 saturated heterocycles. The number of aromatic nitrogens is 1. The van der Waals surface area contributed by atoms with Crippen molar-refractivity contribution in [2.24, 2.45) is 0 Å². The minimum absolute atomic E-state index is 0.0541. The van der Waals surface area contributed by atoms with E-state index < -0.39 is 23.5 Å². The number of ketones is 1. The van der Waals surface area contributed by atoms with E-state index >= 15 is 0 Å². The van der Waals surface area contributed by atoms with Crippen molar-refractivity contribution in [2.75, 3.05) is 10.2 Å². The Balaban J connectivity index is 1.39. The molecule has 41 heavy (non-hydrogen) atoms. The van der Waals surface area contributed by atoms with Crippen molar-refractivity contribution in [1.82, 2.24) is 4.98 Å². The van der Waals surface area contributed by atoms with Gasteiger partial charge in [0.1, 0.15) is 5.01 Å². The van der Waals surface area contributed by atoms with Crippen molar-refractivity contribution < 1.29 is 14.7 Å². The predicted octanol–water partition coefficient (Wildman–Crippen LogP) is 7.95. The van der Waals surface area contributed by atoms with Crippen LogP contribution in [0.2, 0.25) is 0 Å². The van der Waals surface area contributed by atoms with Crippen LogP contribution in [0.5, 0.6) is 0 Å². The molecule has 7 heteroatoms. The Hall–Kier alpha value is -5.01. The summed E-state index contributed by atoms with van der Waals surface area (Å²) >= 11 is 1.27. The van der Waals surface area contributed by atoms with Crippen molar-refractivity contribution in [3.63, 3.8) is 0 Å². The van der Waals surface area contributed by atoms with Crippen LogP contribution in [0.4, 0.5) is 17.1 Å². The second-order valence-electron chi connectivity index (χ2n) is 9.92. The van der Waals surface area contributed by atoms with Crippen LogP contribution in [0.3, 0.4) is 0 Å². The molecule has 1 atom stereocenters. The van der Waals surface area contributed by atoms with Gasteiger partial charge in [0.2, 0.25) is 5.78 Å². The molecular formula is C34H27N3O3S. The summed E-state index contributed by atoms with van der Waals surface area (Å²) in [5.74, 6) is -1.56. The summed E-state index contributed by atoms with van der Waals surface area (Å²) in [6.07, 6.45) is 0. The molecule has 0 aliphatic carbocycles. The van der Waals surface area contributed by atoms with Gasteiger partial charge >= 0.3 is 0 Å². The molecule has 1 amide bonds. The molecule has 5 aromatic rings. The van der Waals surface area contributed by atoms with E-state index in [2.05, 4.69) is 10.3 Å². The number of aliphatic hydroxyl groups excluding tert-OH is 1. The van der Waals surface area contributed by atoms with Gasteiger partial charge in [-0.05, 0) is 55.8 Å². The number of nitrogens with zero attached hydrogens (tertiary/aromatic N) is 2. The van der Waals surface area contributed by atoms with E-state index in [9.17, 15) is 14.7 Å². The summed E-state index contributed by atoms with van der Waals surface area (Å²) in [6, 6.07) is 33.7. The average molecular weight is 558 g/mol. The van der Waals surface area contributed by atoms with Gasteiger partial charge in [0.25, 0.3) is 5.91 Å². The standard InChI is InChI=1S/C34H27N3O3S/c1-21-10-9-13-24(20-21)29-28(30(38)32-22(2)35-33(41-32)23-11-5-3-6-12-23)31(39)34(40)37(29)27-18-16-26(17-19-27)36-25-14-7-4-8-15-25/h3-20,29,36,39H,1-2H3. The number of rotatable bonds is 7. The van der Waals surface area contributed by atoms with E-state index in [0.717, 1.165) is 28.1 Å². The van der Waals surface area contributed by atoms with Crippen molar-refractivity contribution >= 4 is 40.1 Å². The van der Waals surface area contributed by atoms with Gasteiger partial charge in [-0.3, -0.25) is 14.5 Å². The molecular weight excluding hydrogens is 530 g/mol. The quantitative estimate of drug-likeness (QED) is 0.198. The second-order valence-corrected chi connectivity index (χ2v) is 10.9. The lowest BCUT2D eigenvalue weighted by Crippen LogP contribution is -2.31. The summed E-state index contributed by atoms with van der Waals surface area (Å²) in [5, 5.41) is 15.3. The summed E-state index contributed by atoms with van der Waals surface area (Å²) < 4.78 is 0. The first kappa shape index (κ1) is 26.2. The van der Waals surface area contributed by atoms with E-state index in [-0.39, 0.29) is 5.57 Å². The molecule has 0 fully saturated rings. The Morgan fingerprint density at radius 1 is 0.854 bits per heavy atom. The minimum atomic E-state index is -0.801. The molecule has 6 nitrogen and oxygen atoms in total. The highest BCUT2D eigenvalue weighted by atomic mass is 32.1. The Labute approximate surface area is 242 Å². The summed E-state index contributed by atoms with van der Waals surface area (Å²) in [7, 11) is 0. The van der Waals surface area contributed by atoms with Gasteiger partial charge in [-0.2, -0.15) is 0 Å². The average Bonchev–Trinajstić information content (AvgIpc) is 3.51. The number of carbonyl (C=O) groups is 2. The highest BCUT2D eigenvalue weighted by molar-refractivity contribution is 7.17. The molecule has 2 heterocycles. The maximum absolute atomic E-state index is 14.1. The van der Waals surface area contributed by atoms with Crippen molar-refractivity contribution in [2.45, 2.75) is 19.9 Å². The van der Waals surface area contributed by atoms with Crippen molar-refractivity contribution in [3.8, 4) is 10.6 Å². The number of Topliss-reactive ketones (excluding diaryl/α,β-unsaturated/α-hetero) is 1. The number of anilines is 3. The molecule has 2 N–H and O–H groups in total. The third kappa shape index (κ3) is 5.03. The molecule has 1 unspecified atom stereocenters. The highest BCUT2D eigenvalue weighted by Crippen LogP contribution is 2.43. The van der Waals surface area contributed by atoms with E-state index in [1.54, 1.807) is 6.92 Å². The van der Waals surface area contributed by atoms with Crippen LogP contribution in [-0.4, -0.2) is 21.8 Å². The zero-order chi connectivity index (χ0) is 28.5. The Morgan fingerprint density at radius 2 is 1.51 bits per heavy atom. The van der Waals surface area contributed by atoms with Gasteiger partial charge in [-0.1, -0.05) is 78.4 Å². The van der Waals surface area contributed by atoms with Crippen LogP contribution in [0.25, 0.3) is 10.6 Å². The molecule has 1 aromatic heterocycles. The van der Waals surface area contributed by atoms with Gasteiger partial charge < -0.3 is 10.4 Å². The number of aliphatic hydroxyl groups is 1. The predicted molar refractivity (Wildman–Crippen MR) is 164 cm³/mol. The van der Waals surface area contributed by atoms with Gasteiger partial charge in [-0.15, -0.1) is 11.3 Å². The highest BCUT2D eigenvalue weighted by Gasteiger charge is 2.45. The number of thiazole rings is 1. The lowest BCUT2D eigenvalue weighted by Gasteiger charge is -2.27. The Bertz CT molecular complexity index is 1780. The number of hydrogen-bond acceptors (Lipinski definition) is 6. The zero-order valence-electron chi connectivity index (χ0n) is 22.5. The monoisotopic (exact) mass is 557 g/mol. The lowest BCUT2D eigenvalue weighted by molar-refractivity contribution is -0.117. The van der Waals surface area contributed by atoms with E-state index in [1.807, 2.05) is 116 Å². The van der Waals surface area contributed by atoms with Crippen LogP contribution in [0.15, 0.2) is 121 Å². The third-order valence-electron chi connectivity index (χ3n) is 7.04. The number of carbonyl (C=O) groups excluding carboxylic acids is 2. The molecule has 0 bridgehead atoms. The SMILES string of the molecule is Cc1cccc(C2C(C(=O)c3sc(-c4ccccc4)nc3C)=C(O)C(=O)N2c2ccc(Nc3ccccc3)cc2)c1. The fourth-order valence-electron chi connectivity index (χ4n) is 5.09. The van der Waals surface area contributed by atoms with Gasteiger partial charge in [0, 0.05) is 22.6 Å². The summed E-state index contributed by atoms with van der Waals surface area (Å²) in [6.45, 7) is 3.74. The van der Waals surface area contributed by atoms with Crippen LogP contribution in [0, 0.1) is 13.8 Å². The maximum atomic E-state index is 14.1. The van der Waals surface area contributed by atoms with Crippen LogP contribution in [-0.2, 0) is 4.79 Å². The molecule has 1 aliphatic heterocycles. The lowest BCUT2D eigenvalue weighted by atomic mass is 9.94. The van der Waals surface area contributed by atoms with Gasteiger partial charge in [0.05, 0.1) is 22.2 Å². The molecule has 0 saturated carbocycles. The fraction of sp³-hybridized carbons (Fsp3) is 0.0882. The number of para-hydroxylation sites is 1. The van der Waals surface area contributed by atoms with Crippen LogP contribution in [0.1, 0.15) is 32.5 Å². The van der Waals surface area contributed by atoms with E-state index in [1.165, 1.54) is 16.2 Å². The first-order chi connectivity index (χ1) is 19.9. The number of hydrogen-bond donors (Lipinski definition) is 2. The maximum Gasteiger partial charge on any atom is 0.294 e. The van der Waals surface area contributed by atoms with Crippen molar-refractivity contribution in [3.05, 3.63) is 142 Å². The molecule has 202 valence electrons. The molecule has 1 aliphatic rings. The molecule has 4 aromatic carbocycles. The Morgan fingerprint density at radius 3 is 2.20 bits per heavy atom. The second kappa shape index (κ2) is 10.9. The smallest absolute Gasteiger partial charge is 0.294 e. The van der Waals surface area contributed by atoms with E-state index in [4.69, 9.17) is 0 Å². The first-order valence-electron chi connectivity index (χ1n) is 13.2. The van der Waals surface area contributed by atoms with Crippen LogP contribution < -0.4 is 10.2 Å². The van der Waals surface area contributed by atoms with Gasteiger partial charge in [-0.25, -0.2) is 4.98 Å². The van der Waals surface area contributed by atoms with Crippen LogP contribution >= 0.6 is 11.3 Å². The Kier molecular flexibility index (Phi) is 6.95. The molecule has 6 rings (SSSR count). The summed E-state index contributed by atoms with van der Waals surface area (Å²) in [4.78, 5) is 34.3. The first-order valence-corrected chi connectivity index (χ1v) is 14.1. The number of nitrogens with one attached hydrogen (secondary N) is 1. The zero-order valence-corrected chi connectivity index (χ0v) is 23.4. The largest absolute Gasteiger partial charge is 0.503 e. The molecule has 0 radical (unpaired) electrons. The van der Waals surface area contributed by atoms with Gasteiger partial charge in [0.15, 0.2) is 5.76 Å². The fourth-order valence-corrected chi connectivity index (χ4v) is 6.11. The third-order valence-corrected chi connectivity index (χ3v) is 8.25.